The van der Waals surface area contributed by atoms with Crippen molar-refractivity contribution < 1.29 is 4.74 Å². The van der Waals surface area contributed by atoms with Gasteiger partial charge in [-0.3, -0.25) is 4.68 Å². The third kappa shape index (κ3) is 2.79. The van der Waals surface area contributed by atoms with Crippen LogP contribution in [-0.4, -0.2) is 33.4 Å². The molecular weight excluding hydrogens is 326 g/mol. The third-order valence-corrected chi connectivity index (χ3v) is 5.23. The van der Waals surface area contributed by atoms with Gasteiger partial charge in [0.25, 0.3) is 0 Å². The Kier molecular flexibility index (Phi) is 4.26. The number of ether oxygens (including phenoxy) is 1. The van der Waals surface area contributed by atoms with Gasteiger partial charge in [0.2, 0.25) is 0 Å². The molecule has 1 aliphatic rings. The lowest BCUT2D eigenvalue weighted by Crippen LogP contribution is -2.19. The molecule has 4 rings (SSSR count). The Hall–Kier alpha value is -2.63. The number of hydrogen-bond donors (Lipinski definition) is 0. The van der Waals surface area contributed by atoms with Gasteiger partial charge in [-0.25, -0.2) is 0 Å². The lowest BCUT2D eigenvalue weighted by Gasteiger charge is -2.25. The molecule has 0 N–H and O–H groups in total. The summed E-state index contributed by atoms with van der Waals surface area (Å²) in [6.45, 7) is 4.62. The van der Waals surface area contributed by atoms with Crippen LogP contribution in [0.3, 0.4) is 0 Å². The fourth-order valence-corrected chi connectivity index (χ4v) is 3.67. The standard InChI is InChI=1S/C20H25N5O/c1-5-26-20-21-17-9-7-6-8-16(17)19(22-20)24(3)14-10-11-15-13(2)25(4)23-18(15)12-14/h10-12H,5-9H2,1-4H3. The Morgan fingerprint density at radius 1 is 1.19 bits per heavy atom. The third-order valence-electron chi connectivity index (χ3n) is 5.23. The molecule has 0 saturated carbocycles. The zero-order chi connectivity index (χ0) is 18.3. The van der Waals surface area contributed by atoms with E-state index < -0.39 is 0 Å². The normalized spacial score (nSPS) is 13.7. The molecule has 136 valence electrons. The van der Waals surface area contributed by atoms with E-state index in [1.165, 1.54) is 29.5 Å². The number of benzene rings is 1. The first kappa shape index (κ1) is 16.8. The fraction of sp³-hybridized carbons (Fsp3) is 0.450. The summed E-state index contributed by atoms with van der Waals surface area (Å²) in [6, 6.07) is 6.87. The molecule has 0 aliphatic heterocycles. The van der Waals surface area contributed by atoms with E-state index in [0.717, 1.165) is 35.6 Å². The van der Waals surface area contributed by atoms with E-state index in [2.05, 4.69) is 47.2 Å². The molecule has 0 radical (unpaired) electrons. The Labute approximate surface area is 153 Å². The highest BCUT2D eigenvalue weighted by atomic mass is 16.5. The summed E-state index contributed by atoms with van der Waals surface area (Å²) in [4.78, 5) is 11.5. The van der Waals surface area contributed by atoms with Crippen LogP contribution in [0.1, 0.15) is 36.7 Å². The summed E-state index contributed by atoms with van der Waals surface area (Å²) in [5, 5.41) is 5.80. The van der Waals surface area contributed by atoms with Gasteiger partial charge >= 0.3 is 6.01 Å². The van der Waals surface area contributed by atoms with Gasteiger partial charge in [-0.05, 0) is 57.7 Å². The van der Waals surface area contributed by atoms with Crippen molar-refractivity contribution in [2.45, 2.75) is 39.5 Å². The van der Waals surface area contributed by atoms with E-state index in [-0.39, 0.29) is 0 Å². The van der Waals surface area contributed by atoms with Gasteiger partial charge < -0.3 is 9.64 Å². The first-order chi connectivity index (χ1) is 12.6. The van der Waals surface area contributed by atoms with Crippen molar-refractivity contribution in [3.63, 3.8) is 0 Å². The highest BCUT2D eigenvalue weighted by Gasteiger charge is 2.22. The molecule has 3 aromatic rings. The number of anilines is 2. The maximum absolute atomic E-state index is 5.62. The minimum Gasteiger partial charge on any atom is -0.464 e. The molecular formula is C20H25N5O. The van der Waals surface area contributed by atoms with E-state index in [0.29, 0.717) is 12.6 Å². The summed E-state index contributed by atoms with van der Waals surface area (Å²) in [6.07, 6.45) is 4.38. The molecule has 1 aliphatic carbocycles. The van der Waals surface area contributed by atoms with Gasteiger partial charge in [0.05, 0.1) is 17.8 Å². The molecule has 0 unspecified atom stereocenters. The lowest BCUT2D eigenvalue weighted by atomic mass is 9.96. The van der Waals surface area contributed by atoms with Crippen molar-refractivity contribution in [2.24, 2.45) is 7.05 Å². The number of nitrogens with zero attached hydrogens (tertiary/aromatic N) is 5. The summed E-state index contributed by atoms with van der Waals surface area (Å²) < 4.78 is 7.55. The van der Waals surface area contributed by atoms with E-state index in [9.17, 15) is 0 Å². The van der Waals surface area contributed by atoms with Gasteiger partial charge in [0.1, 0.15) is 5.82 Å². The van der Waals surface area contributed by atoms with Gasteiger partial charge in [0, 0.05) is 36.4 Å². The SMILES string of the molecule is CCOc1nc2c(c(N(C)c3ccc4c(C)n(C)nc4c3)n1)CCCC2. The van der Waals surface area contributed by atoms with Crippen LogP contribution in [0.2, 0.25) is 0 Å². The molecule has 0 saturated heterocycles. The highest BCUT2D eigenvalue weighted by Crippen LogP contribution is 2.34. The van der Waals surface area contributed by atoms with E-state index in [4.69, 9.17) is 9.72 Å². The molecule has 0 atom stereocenters. The zero-order valence-electron chi connectivity index (χ0n) is 15.9. The van der Waals surface area contributed by atoms with Gasteiger partial charge in [-0.15, -0.1) is 0 Å². The van der Waals surface area contributed by atoms with Crippen LogP contribution in [-0.2, 0) is 19.9 Å². The number of aromatic nitrogens is 4. The van der Waals surface area contributed by atoms with Crippen LogP contribution in [0, 0.1) is 6.92 Å². The molecule has 0 spiro atoms. The van der Waals surface area contributed by atoms with Crippen LogP contribution in [0.25, 0.3) is 10.9 Å². The quantitative estimate of drug-likeness (QED) is 0.717. The number of fused-ring (bicyclic) bond motifs is 2. The second-order valence-corrected chi connectivity index (χ2v) is 6.86. The van der Waals surface area contributed by atoms with Crippen molar-refractivity contribution in [1.82, 2.24) is 19.7 Å². The summed E-state index contributed by atoms with van der Waals surface area (Å²) in [5.41, 5.74) is 5.63. The largest absolute Gasteiger partial charge is 0.464 e. The second-order valence-electron chi connectivity index (χ2n) is 6.86. The Morgan fingerprint density at radius 2 is 2.00 bits per heavy atom. The molecule has 6 heteroatoms. The highest BCUT2D eigenvalue weighted by molar-refractivity contribution is 5.85. The predicted octanol–water partition coefficient (Wildman–Crippen LogP) is 3.72. The van der Waals surface area contributed by atoms with E-state index in [1.807, 2.05) is 18.7 Å². The van der Waals surface area contributed by atoms with Crippen molar-refractivity contribution in [1.29, 1.82) is 0 Å². The van der Waals surface area contributed by atoms with Gasteiger partial charge in [-0.2, -0.15) is 15.1 Å². The van der Waals surface area contributed by atoms with Crippen LogP contribution in [0.15, 0.2) is 18.2 Å². The number of aryl methyl sites for hydroxylation is 3. The molecule has 0 fully saturated rings. The fourth-order valence-electron chi connectivity index (χ4n) is 3.67. The molecule has 0 bridgehead atoms. The first-order valence-electron chi connectivity index (χ1n) is 9.28. The summed E-state index contributed by atoms with van der Waals surface area (Å²) in [5.74, 6) is 0.949. The Balaban J connectivity index is 1.80. The smallest absolute Gasteiger partial charge is 0.318 e. The first-order valence-corrected chi connectivity index (χ1v) is 9.28. The molecule has 1 aromatic carbocycles. The molecule has 26 heavy (non-hydrogen) atoms. The zero-order valence-corrected chi connectivity index (χ0v) is 15.9. The van der Waals surface area contributed by atoms with Crippen molar-refractivity contribution >= 4 is 22.4 Å². The van der Waals surface area contributed by atoms with Crippen molar-refractivity contribution in [2.75, 3.05) is 18.6 Å². The Bertz CT molecular complexity index is 962. The predicted molar refractivity (Wildman–Crippen MR) is 103 cm³/mol. The number of rotatable bonds is 4. The minimum atomic E-state index is 0.477. The minimum absolute atomic E-state index is 0.477. The van der Waals surface area contributed by atoms with Crippen LogP contribution >= 0.6 is 0 Å². The second kappa shape index (κ2) is 6.59. The van der Waals surface area contributed by atoms with E-state index >= 15 is 0 Å². The monoisotopic (exact) mass is 351 g/mol. The molecule has 2 heterocycles. The molecule has 2 aromatic heterocycles. The van der Waals surface area contributed by atoms with Crippen molar-refractivity contribution in [3.05, 3.63) is 35.2 Å². The lowest BCUT2D eigenvalue weighted by molar-refractivity contribution is 0.310. The van der Waals surface area contributed by atoms with E-state index in [1.54, 1.807) is 0 Å². The van der Waals surface area contributed by atoms with Crippen LogP contribution < -0.4 is 9.64 Å². The average Bonchev–Trinajstić information content (AvgIpc) is 2.94. The van der Waals surface area contributed by atoms with Gasteiger partial charge in [0.15, 0.2) is 0 Å². The maximum Gasteiger partial charge on any atom is 0.318 e. The van der Waals surface area contributed by atoms with Gasteiger partial charge in [-0.1, -0.05) is 0 Å². The van der Waals surface area contributed by atoms with Crippen LogP contribution in [0.5, 0.6) is 6.01 Å². The van der Waals surface area contributed by atoms with Crippen LogP contribution in [0.4, 0.5) is 11.5 Å². The number of hydrogen-bond acceptors (Lipinski definition) is 5. The summed E-state index contributed by atoms with van der Waals surface area (Å²) in [7, 11) is 4.04. The topological polar surface area (TPSA) is 56.1 Å². The van der Waals surface area contributed by atoms with Crippen molar-refractivity contribution in [3.8, 4) is 6.01 Å². The summed E-state index contributed by atoms with van der Waals surface area (Å²) >= 11 is 0. The average molecular weight is 351 g/mol. The molecule has 0 amide bonds. The molecule has 6 nitrogen and oxygen atoms in total. The Morgan fingerprint density at radius 3 is 2.81 bits per heavy atom. The maximum atomic E-state index is 5.62.